The minimum atomic E-state index is -0.124. The van der Waals surface area contributed by atoms with Crippen LogP contribution in [-0.2, 0) is 11.3 Å². The highest BCUT2D eigenvalue weighted by molar-refractivity contribution is 5.97. The van der Waals surface area contributed by atoms with Gasteiger partial charge in [0.1, 0.15) is 0 Å². The Morgan fingerprint density at radius 3 is 2.32 bits per heavy atom. The molecule has 1 amide bonds. The van der Waals surface area contributed by atoms with Gasteiger partial charge >= 0.3 is 0 Å². The van der Waals surface area contributed by atoms with Gasteiger partial charge in [-0.2, -0.15) is 0 Å². The van der Waals surface area contributed by atoms with Gasteiger partial charge in [-0.1, -0.05) is 31.9 Å². The minimum absolute atomic E-state index is 0.124. The minimum Gasteiger partial charge on any atom is -0.326 e. The molecule has 0 heterocycles. The molecule has 1 aliphatic carbocycles. The van der Waals surface area contributed by atoms with E-state index in [1.165, 1.54) is 12.8 Å². The van der Waals surface area contributed by atoms with E-state index in [-0.39, 0.29) is 11.3 Å². The second-order valence-corrected chi connectivity index (χ2v) is 5.58. The molecule has 1 aromatic rings. The average Bonchev–Trinajstić information content (AvgIpc) is 2.96. The number of carbonyl (C=O) groups excluding carboxylic acids is 1. The van der Waals surface area contributed by atoms with Crippen molar-refractivity contribution in [3.63, 3.8) is 0 Å². The summed E-state index contributed by atoms with van der Waals surface area (Å²) in [5.74, 6) is 0.271. The summed E-state index contributed by atoms with van der Waals surface area (Å²) >= 11 is 0. The highest BCUT2D eigenvalue weighted by atomic mass is 16.2. The Morgan fingerprint density at radius 2 is 1.84 bits per heavy atom. The highest BCUT2D eigenvalue weighted by Crippen LogP contribution is 2.42. The van der Waals surface area contributed by atoms with E-state index in [0.717, 1.165) is 30.5 Å². The fourth-order valence-electron chi connectivity index (χ4n) is 3.10. The maximum atomic E-state index is 12.8. The summed E-state index contributed by atoms with van der Waals surface area (Å²) in [4.78, 5) is 14.6. The number of amides is 1. The van der Waals surface area contributed by atoms with Crippen molar-refractivity contribution in [3.05, 3.63) is 29.8 Å². The number of rotatable bonds is 4. The normalized spacial score (nSPS) is 17.4. The third-order valence-corrected chi connectivity index (χ3v) is 4.56. The largest absolute Gasteiger partial charge is 0.326 e. The molecule has 0 spiro atoms. The van der Waals surface area contributed by atoms with Crippen LogP contribution < -0.4 is 10.6 Å². The lowest BCUT2D eigenvalue weighted by atomic mass is 9.82. The molecule has 0 unspecified atom stereocenters. The maximum absolute atomic E-state index is 12.8. The van der Waals surface area contributed by atoms with Crippen molar-refractivity contribution in [1.29, 1.82) is 0 Å². The molecule has 0 radical (unpaired) electrons. The second kappa shape index (κ2) is 5.74. The summed E-state index contributed by atoms with van der Waals surface area (Å²) in [5, 5.41) is 0. The van der Waals surface area contributed by atoms with Crippen molar-refractivity contribution in [2.45, 2.75) is 45.6 Å². The molecule has 1 saturated carbocycles. The van der Waals surface area contributed by atoms with E-state index in [4.69, 9.17) is 5.73 Å². The maximum Gasteiger partial charge on any atom is 0.232 e. The van der Waals surface area contributed by atoms with Gasteiger partial charge in [-0.3, -0.25) is 4.79 Å². The SMILES string of the molecule is CCC1(C(=O)N(C)c2ccc(CN)cc2)CCCC1. The van der Waals surface area contributed by atoms with Gasteiger partial charge in [0.2, 0.25) is 5.91 Å². The third kappa shape index (κ3) is 2.66. The van der Waals surface area contributed by atoms with Crippen LogP contribution in [0.25, 0.3) is 0 Å². The molecule has 0 atom stereocenters. The van der Waals surface area contributed by atoms with Crippen LogP contribution in [0, 0.1) is 5.41 Å². The number of nitrogens with zero attached hydrogens (tertiary/aromatic N) is 1. The molecular formula is C16H24N2O. The van der Waals surface area contributed by atoms with Crippen molar-refractivity contribution in [3.8, 4) is 0 Å². The second-order valence-electron chi connectivity index (χ2n) is 5.58. The van der Waals surface area contributed by atoms with E-state index >= 15 is 0 Å². The van der Waals surface area contributed by atoms with Crippen molar-refractivity contribution in [1.82, 2.24) is 0 Å². The molecule has 1 aliphatic rings. The molecule has 104 valence electrons. The predicted octanol–water partition coefficient (Wildman–Crippen LogP) is 3.08. The number of anilines is 1. The Kier molecular flexibility index (Phi) is 4.25. The lowest BCUT2D eigenvalue weighted by Gasteiger charge is -2.31. The Bertz CT molecular complexity index is 433. The topological polar surface area (TPSA) is 46.3 Å². The zero-order chi connectivity index (χ0) is 13.9. The van der Waals surface area contributed by atoms with Crippen molar-refractivity contribution >= 4 is 11.6 Å². The van der Waals surface area contributed by atoms with Gasteiger partial charge in [-0.15, -0.1) is 0 Å². The van der Waals surface area contributed by atoms with Crippen LogP contribution in [0.3, 0.4) is 0 Å². The molecule has 0 aliphatic heterocycles. The van der Waals surface area contributed by atoms with Gasteiger partial charge in [-0.05, 0) is 37.0 Å². The predicted molar refractivity (Wildman–Crippen MR) is 78.9 cm³/mol. The van der Waals surface area contributed by atoms with Gasteiger partial charge in [0.25, 0.3) is 0 Å². The van der Waals surface area contributed by atoms with Gasteiger partial charge in [-0.25, -0.2) is 0 Å². The molecule has 19 heavy (non-hydrogen) atoms. The number of carbonyl (C=O) groups is 1. The first-order chi connectivity index (χ1) is 9.13. The molecule has 3 heteroatoms. The van der Waals surface area contributed by atoms with Crippen LogP contribution >= 0.6 is 0 Å². The first-order valence-electron chi connectivity index (χ1n) is 7.20. The summed E-state index contributed by atoms with van der Waals surface area (Å²) in [6.45, 7) is 2.67. The number of hydrogen-bond acceptors (Lipinski definition) is 2. The van der Waals surface area contributed by atoms with Crippen LogP contribution in [0.15, 0.2) is 24.3 Å². The van der Waals surface area contributed by atoms with Crippen LogP contribution in [0.1, 0.15) is 44.6 Å². The summed E-state index contributed by atoms with van der Waals surface area (Å²) in [7, 11) is 1.88. The molecular weight excluding hydrogens is 236 g/mol. The van der Waals surface area contributed by atoms with E-state index < -0.39 is 0 Å². The highest BCUT2D eigenvalue weighted by Gasteiger charge is 2.41. The first-order valence-corrected chi connectivity index (χ1v) is 7.20. The molecule has 0 saturated heterocycles. The summed E-state index contributed by atoms with van der Waals surface area (Å²) in [6.07, 6.45) is 5.37. The smallest absolute Gasteiger partial charge is 0.232 e. The fraction of sp³-hybridized carbons (Fsp3) is 0.562. The van der Waals surface area contributed by atoms with E-state index in [1.54, 1.807) is 0 Å². The van der Waals surface area contributed by atoms with E-state index in [9.17, 15) is 4.79 Å². The summed E-state index contributed by atoms with van der Waals surface area (Å²) < 4.78 is 0. The van der Waals surface area contributed by atoms with Crippen LogP contribution in [0.4, 0.5) is 5.69 Å². The molecule has 0 bridgehead atoms. The molecule has 1 fully saturated rings. The van der Waals surface area contributed by atoms with E-state index in [1.807, 2.05) is 36.2 Å². The van der Waals surface area contributed by atoms with Crippen molar-refractivity contribution in [2.75, 3.05) is 11.9 Å². The average molecular weight is 260 g/mol. The van der Waals surface area contributed by atoms with Crippen LogP contribution in [0.2, 0.25) is 0 Å². The van der Waals surface area contributed by atoms with Crippen LogP contribution in [-0.4, -0.2) is 13.0 Å². The molecule has 0 aromatic heterocycles. The molecule has 1 aromatic carbocycles. The summed E-state index contributed by atoms with van der Waals surface area (Å²) in [5.41, 5.74) is 7.53. The Morgan fingerprint density at radius 1 is 1.26 bits per heavy atom. The van der Waals surface area contributed by atoms with Crippen LogP contribution in [0.5, 0.6) is 0 Å². The number of nitrogens with two attached hydrogens (primary N) is 1. The Labute approximate surface area is 115 Å². The van der Waals surface area contributed by atoms with Crippen molar-refractivity contribution in [2.24, 2.45) is 11.1 Å². The Balaban J connectivity index is 2.17. The zero-order valence-electron chi connectivity index (χ0n) is 12.0. The quantitative estimate of drug-likeness (QED) is 0.904. The molecule has 2 N–H and O–H groups in total. The molecule has 2 rings (SSSR count). The van der Waals surface area contributed by atoms with Gasteiger partial charge < -0.3 is 10.6 Å². The van der Waals surface area contributed by atoms with E-state index in [2.05, 4.69) is 6.92 Å². The lowest BCUT2D eigenvalue weighted by molar-refractivity contribution is -0.127. The third-order valence-electron chi connectivity index (χ3n) is 4.56. The fourth-order valence-corrected chi connectivity index (χ4v) is 3.10. The number of hydrogen-bond donors (Lipinski definition) is 1. The van der Waals surface area contributed by atoms with E-state index in [0.29, 0.717) is 6.54 Å². The Hall–Kier alpha value is -1.35. The number of benzene rings is 1. The van der Waals surface area contributed by atoms with Gasteiger partial charge in [0, 0.05) is 24.7 Å². The summed E-state index contributed by atoms with van der Waals surface area (Å²) in [6, 6.07) is 7.95. The zero-order valence-corrected chi connectivity index (χ0v) is 12.0. The lowest BCUT2D eigenvalue weighted by Crippen LogP contribution is -2.40. The molecule has 3 nitrogen and oxygen atoms in total. The monoisotopic (exact) mass is 260 g/mol. The first kappa shape index (κ1) is 14.1. The standard InChI is InChI=1S/C16H24N2O/c1-3-16(10-4-5-11-16)15(19)18(2)14-8-6-13(12-17)7-9-14/h6-9H,3-5,10-12,17H2,1-2H3. The van der Waals surface area contributed by atoms with Crippen molar-refractivity contribution < 1.29 is 4.79 Å². The van der Waals surface area contributed by atoms with Gasteiger partial charge in [0.05, 0.1) is 0 Å². The van der Waals surface area contributed by atoms with Gasteiger partial charge in [0.15, 0.2) is 0 Å².